The molecule has 2 amide bonds. The van der Waals surface area contributed by atoms with Crippen molar-refractivity contribution in [3.8, 4) is 0 Å². The summed E-state index contributed by atoms with van der Waals surface area (Å²) in [6.45, 7) is 4.50. The largest absolute Gasteiger partial charge is 0.384 e. The Morgan fingerprint density at radius 1 is 1.25 bits per heavy atom. The van der Waals surface area contributed by atoms with Crippen molar-refractivity contribution >= 4 is 11.8 Å². The number of piperidine rings is 2. The Morgan fingerprint density at radius 3 is 2.79 bits per heavy atom. The Kier molecular flexibility index (Phi) is 7.80. The predicted octanol–water partition coefficient (Wildman–Crippen LogP) is 1.44. The molecule has 2 aliphatic heterocycles. The highest BCUT2D eigenvalue weighted by Gasteiger charge is 2.32. The second kappa shape index (κ2) is 10.5. The number of hydrogen-bond acceptors (Lipinski definition) is 5. The average molecular weight is 389 g/mol. The van der Waals surface area contributed by atoms with E-state index in [9.17, 15) is 9.59 Å². The van der Waals surface area contributed by atoms with E-state index in [0.29, 0.717) is 25.6 Å². The van der Waals surface area contributed by atoms with Crippen molar-refractivity contribution in [2.45, 2.75) is 44.7 Å². The molecule has 0 radical (unpaired) electrons. The molecule has 3 rings (SSSR count). The zero-order chi connectivity index (χ0) is 19.8. The van der Waals surface area contributed by atoms with E-state index in [0.717, 1.165) is 57.4 Å². The van der Waals surface area contributed by atoms with Crippen molar-refractivity contribution in [2.24, 2.45) is 5.92 Å². The van der Waals surface area contributed by atoms with Crippen LogP contribution in [0.1, 0.15) is 37.7 Å². The van der Waals surface area contributed by atoms with Crippen LogP contribution in [-0.4, -0.2) is 72.5 Å². The zero-order valence-electron chi connectivity index (χ0n) is 16.8. The van der Waals surface area contributed by atoms with Crippen LogP contribution in [0, 0.1) is 5.92 Å². The van der Waals surface area contributed by atoms with Gasteiger partial charge in [-0.25, -0.2) is 0 Å². The molecular formula is C21H32N4O3. The van der Waals surface area contributed by atoms with Gasteiger partial charge in [0.1, 0.15) is 0 Å². The maximum atomic E-state index is 12.6. The summed E-state index contributed by atoms with van der Waals surface area (Å²) in [5.74, 6) is 0.374. The molecule has 1 unspecified atom stereocenters. The van der Waals surface area contributed by atoms with Crippen molar-refractivity contribution in [2.75, 3.05) is 39.9 Å². The Morgan fingerprint density at radius 2 is 2.07 bits per heavy atom. The molecule has 7 nitrogen and oxygen atoms in total. The van der Waals surface area contributed by atoms with Crippen molar-refractivity contribution in [3.63, 3.8) is 0 Å². The Bertz CT molecular complexity index is 632. The normalized spacial score (nSPS) is 21.5. The van der Waals surface area contributed by atoms with Crippen LogP contribution in [0.3, 0.4) is 0 Å². The summed E-state index contributed by atoms with van der Waals surface area (Å²) in [7, 11) is 1.62. The highest BCUT2D eigenvalue weighted by atomic mass is 16.5. The van der Waals surface area contributed by atoms with Gasteiger partial charge >= 0.3 is 0 Å². The van der Waals surface area contributed by atoms with Gasteiger partial charge in [-0.15, -0.1) is 0 Å². The van der Waals surface area contributed by atoms with Crippen molar-refractivity contribution in [1.29, 1.82) is 0 Å². The zero-order valence-corrected chi connectivity index (χ0v) is 16.8. The summed E-state index contributed by atoms with van der Waals surface area (Å²) < 4.78 is 5.00. The third-order valence-electron chi connectivity index (χ3n) is 5.87. The molecule has 0 aromatic carbocycles. The topological polar surface area (TPSA) is 74.8 Å². The number of ether oxygens (including phenoxy) is 1. The van der Waals surface area contributed by atoms with Crippen molar-refractivity contribution < 1.29 is 14.3 Å². The van der Waals surface area contributed by atoms with Gasteiger partial charge in [0, 0.05) is 51.7 Å². The lowest BCUT2D eigenvalue weighted by Gasteiger charge is -2.42. The molecule has 0 bridgehead atoms. The van der Waals surface area contributed by atoms with Gasteiger partial charge in [0.2, 0.25) is 11.8 Å². The molecule has 0 saturated carbocycles. The summed E-state index contributed by atoms with van der Waals surface area (Å²) in [6.07, 6.45) is 7.97. The number of amides is 2. The van der Waals surface area contributed by atoms with E-state index in [2.05, 4.69) is 15.2 Å². The Labute approximate surface area is 167 Å². The molecular weight excluding hydrogens is 356 g/mol. The van der Waals surface area contributed by atoms with E-state index in [4.69, 9.17) is 4.74 Å². The van der Waals surface area contributed by atoms with Crippen LogP contribution in [0.4, 0.5) is 0 Å². The second-order valence-electron chi connectivity index (χ2n) is 7.77. The van der Waals surface area contributed by atoms with Gasteiger partial charge in [0.05, 0.1) is 18.9 Å². The monoisotopic (exact) mass is 388 g/mol. The van der Waals surface area contributed by atoms with Gasteiger partial charge in [-0.05, 0) is 43.9 Å². The van der Waals surface area contributed by atoms with E-state index < -0.39 is 0 Å². The number of rotatable bonds is 7. The number of likely N-dealkylation sites (tertiary alicyclic amines) is 2. The van der Waals surface area contributed by atoms with E-state index in [1.807, 2.05) is 17.0 Å². The number of pyridine rings is 1. The molecule has 2 saturated heterocycles. The van der Waals surface area contributed by atoms with E-state index >= 15 is 0 Å². The SMILES string of the molecule is COCCC(=O)N1CCC(N2CCCC(C(=O)NCc3cccnc3)C2)CC1. The number of hydrogen-bond donors (Lipinski definition) is 1. The summed E-state index contributed by atoms with van der Waals surface area (Å²) in [5, 5.41) is 3.06. The predicted molar refractivity (Wildman–Crippen MR) is 106 cm³/mol. The second-order valence-corrected chi connectivity index (χ2v) is 7.77. The number of aromatic nitrogens is 1. The average Bonchev–Trinajstić information content (AvgIpc) is 2.76. The van der Waals surface area contributed by atoms with Crippen LogP contribution in [0.2, 0.25) is 0 Å². The molecule has 2 aliphatic rings. The first-order chi connectivity index (χ1) is 13.7. The molecule has 1 atom stereocenters. The first-order valence-electron chi connectivity index (χ1n) is 10.3. The third-order valence-corrected chi connectivity index (χ3v) is 5.87. The van der Waals surface area contributed by atoms with Crippen LogP contribution in [0.5, 0.6) is 0 Å². The summed E-state index contributed by atoms with van der Waals surface area (Å²) in [5.41, 5.74) is 1.02. The van der Waals surface area contributed by atoms with Crippen LogP contribution in [-0.2, 0) is 20.9 Å². The molecule has 2 fully saturated rings. The first kappa shape index (κ1) is 20.7. The smallest absolute Gasteiger partial charge is 0.224 e. The van der Waals surface area contributed by atoms with Crippen molar-refractivity contribution in [3.05, 3.63) is 30.1 Å². The highest BCUT2D eigenvalue weighted by Crippen LogP contribution is 2.24. The van der Waals surface area contributed by atoms with Crippen molar-refractivity contribution in [1.82, 2.24) is 20.1 Å². The van der Waals surface area contributed by atoms with Gasteiger partial charge in [-0.3, -0.25) is 19.5 Å². The minimum Gasteiger partial charge on any atom is -0.384 e. The maximum Gasteiger partial charge on any atom is 0.224 e. The van der Waals surface area contributed by atoms with Gasteiger partial charge < -0.3 is 15.0 Å². The van der Waals surface area contributed by atoms with Gasteiger partial charge in [0.25, 0.3) is 0 Å². The molecule has 1 aromatic heterocycles. The molecule has 1 aromatic rings. The molecule has 0 spiro atoms. The number of nitrogens with zero attached hydrogens (tertiary/aromatic N) is 3. The first-order valence-corrected chi connectivity index (χ1v) is 10.3. The summed E-state index contributed by atoms with van der Waals surface area (Å²) in [6, 6.07) is 4.33. The molecule has 28 heavy (non-hydrogen) atoms. The maximum absolute atomic E-state index is 12.6. The van der Waals surface area contributed by atoms with E-state index in [1.54, 1.807) is 19.5 Å². The lowest BCUT2D eigenvalue weighted by atomic mass is 9.93. The standard InChI is InChI=1S/C21H32N4O3/c1-28-13-8-20(26)24-11-6-19(7-12-24)25-10-3-5-18(16-25)21(27)23-15-17-4-2-9-22-14-17/h2,4,9,14,18-19H,3,5-8,10-13,15-16H2,1H3,(H,23,27). The fourth-order valence-electron chi connectivity index (χ4n) is 4.22. The third kappa shape index (κ3) is 5.75. The molecule has 7 heteroatoms. The summed E-state index contributed by atoms with van der Waals surface area (Å²) in [4.78, 5) is 33.3. The molecule has 3 heterocycles. The number of carbonyl (C=O) groups excluding carboxylic acids is 2. The summed E-state index contributed by atoms with van der Waals surface area (Å²) >= 11 is 0. The van der Waals surface area contributed by atoms with Crippen LogP contribution >= 0.6 is 0 Å². The van der Waals surface area contributed by atoms with Gasteiger partial charge in [-0.2, -0.15) is 0 Å². The van der Waals surface area contributed by atoms with E-state index in [1.165, 1.54) is 0 Å². The van der Waals surface area contributed by atoms with Crippen LogP contribution < -0.4 is 5.32 Å². The van der Waals surface area contributed by atoms with Gasteiger partial charge in [-0.1, -0.05) is 6.07 Å². The van der Waals surface area contributed by atoms with Crippen LogP contribution in [0.15, 0.2) is 24.5 Å². The molecule has 154 valence electrons. The minimum absolute atomic E-state index is 0.0479. The fraction of sp³-hybridized carbons (Fsp3) is 0.667. The minimum atomic E-state index is 0.0479. The number of methoxy groups -OCH3 is 1. The van der Waals surface area contributed by atoms with Gasteiger partial charge in [0.15, 0.2) is 0 Å². The molecule has 1 N–H and O–H groups in total. The number of carbonyl (C=O) groups is 2. The Balaban J connectivity index is 1.43. The quantitative estimate of drug-likeness (QED) is 0.765. The lowest BCUT2D eigenvalue weighted by Crippen LogP contribution is -2.51. The highest BCUT2D eigenvalue weighted by molar-refractivity contribution is 5.79. The Hall–Kier alpha value is -1.99. The molecule has 0 aliphatic carbocycles. The number of nitrogens with one attached hydrogen (secondary N) is 1. The fourth-order valence-corrected chi connectivity index (χ4v) is 4.22. The van der Waals surface area contributed by atoms with Crippen LogP contribution in [0.25, 0.3) is 0 Å². The van der Waals surface area contributed by atoms with E-state index in [-0.39, 0.29) is 17.7 Å². The lowest BCUT2D eigenvalue weighted by molar-refractivity contribution is -0.133.